The topological polar surface area (TPSA) is 29.5 Å². The summed E-state index contributed by atoms with van der Waals surface area (Å²) in [7, 11) is 0. The summed E-state index contributed by atoms with van der Waals surface area (Å²) in [6.45, 7) is 0. The van der Waals surface area contributed by atoms with Gasteiger partial charge in [0.05, 0.1) is 0 Å². The molecule has 1 N–H and O–H groups in total. The van der Waals surface area contributed by atoms with E-state index in [9.17, 15) is 5.11 Å². The van der Waals surface area contributed by atoms with Crippen LogP contribution in [0.3, 0.4) is 0 Å². The Morgan fingerprint density at radius 1 is 1.15 bits per heavy atom. The van der Waals surface area contributed by atoms with Gasteiger partial charge in [-0.1, -0.05) is 25.0 Å². The molecule has 0 aromatic heterocycles. The fourth-order valence-corrected chi connectivity index (χ4v) is 5.67. The molecule has 1 heterocycles. The second kappa shape index (κ2) is 3.79. The summed E-state index contributed by atoms with van der Waals surface area (Å²) in [5.41, 5.74) is 2.81. The minimum atomic E-state index is -0.603. The number of aliphatic hydroxyl groups is 1. The van der Waals surface area contributed by atoms with Gasteiger partial charge in [-0.15, -0.1) is 0 Å². The maximum absolute atomic E-state index is 10.2. The molecular formula is C18H22O2. The number of aliphatic hydroxyl groups excluding tert-OH is 1. The molecule has 0 bridgehead atoms. The van der Waals surface area contributed by atoms with Crippen LogP contribution in [0, 0.1) is 23.2 Å². The van der Waals surface area contributed by atoms with Crippen molar-refractivity contribution in [3.8, 4) is 0 Å². The molecule has 2 unspecified atom stereocenters. The molecule has 1 saturated heterocycles. The third-order valence-corrected chi connectivity index (χ3v) is 6.67. The predicted molar refractivity (Wildman–Crippen MR) is 76.6 cm³/mol. The summed E-state index contributed by atoms with van der Waals surface area (Å²) in [6, 6.07) is 0. The van der Waals surface area contributed by atoms with Crippen LogP contribution in [0.4, 0.5) is 0 Å². The van der Waals surface area contributed by atoms with E-state index in [-0.39, 0.29) is 5.41 Å². The van der Waals surface area contributed by atoms with Gasteiger partial charge in [-0.2, -0.15) is 0 Å². The quantitative estimate of drug-likeness (QED) is 0.727. The lowest BCUT2D eigenvalue weighted by atomic mass is 9.55. The lowest BCUT2D eigenvalue weighted by Crippen LogP contribution is -2.53. The van der Waals surface area contributed by atoms with Gasteiger partial charge in [-0.25, -0.2) is 0 Å². The van der Waals surface area contributed by atoms with Crippen LogP contribution in [0.2, 0.25) is 0 Å². The van der Waals surface area contributed by atoms with Crippen molar-refractivity contribution in [2.45, 2.75) is 51.2 Å². The molecule has 20 heavy (non-hydrogen) atoms. The Morgan fingerprint density at radius 2 is 2.05 bits per heavy atom. The highest BCUT2D eigenvalue weighted by molar-refractivity contribution is 5.55. The van der Waals surface area contributed by atoms with E-state index < -0.39 is 6.29 Å². The Kier molecular flexibility index (Phi) is 2.20. The Morgan fingerprint density at radius 3 is 2.95 bits per heavy atom. The van der Waals surface area contributed by atoms with E-state index in [4.69, 9.17) is 4.74 Å². The Balaban J connectivity index is 1.55. The molecule has 0 amide bonds. The molecule has 1 spiro atoms. The van der Waals surface area contributed by atoms with Crippen molar-refractivity contribution < 1.29 is 9.84 Å². The van der Waals surface area contributed by atoms with E-state index in [2.05, 4.69) is 18.2 Å². The second-order valence-electron chi connectivity index (χ2n) is 7.30. The molecule has 2 nitrogen and oxygen atoms in total. The maximum atomic E-state index is 10.2. The summed E-state index contributed by atoms with van der Waals surface area (Å²) in [4.78, 5) is 0. The van der Waals surface area contributed by atoms with E-state index in [1.54, 1.807) is 5.57 Å². The first-order valence-corrected chi connectivity index (χ1v) is 8.29. The van der Waals surface area contributed by atoms with E-state index in [1.165, 1.54) is 44.1 Å². The van der Waals surface area contributed by atoms with Crippen LogP contribution in [0.1, 0.15) is 44.9 Å². The molecule has 5 atom stereocenters. The monoisotopic (exact) mass is 270 g/mol. The number of allylic oxidation sites excluding steroid dienone is 4. The minimum Gasteiger partial charge on any atom is -0.467 e. The number of rotatable bonds is 0. The van der Waals surface area contributed by atoms with Crippen molar-refractivity contribution in [3.63, 3.8) is 0 Å². The molecule has 1 aliphatic heterocycles. The van der Waals surface area contributed by atoms with Crippen LogP contribution in [-0.4, -0.2) is 11.4 Å². The third-order valence-electron chi connectivity index (χ3n) is 6.67. The van der Waals surface area contributed by atoms with Gasteiger partial charge in [0.15, 0.2) is 0 Å². The molecule has 106 valence electrons. The van der Waals surface area contributed by atoms with Crippen molar-refractivity contribution in [2.24, 2.45) is 23.2 Å². The average Bonchev–Trinajstić information content (AvgIpc) is 2.80. The molecule has 0 aromatic carbocycles. The van der Waals surface area contributed by atoms with Crippen molar-refractivity contribution >= 4 is 0 Å². The van der Waals surface area contributed by atoms with Gasteiger partial charge in [0.25, 0.3) is 0 Å². The average molecular weight is 270 g/mol. The van der Waals surface area contributed by atoms with Crippen molar-refractivity contribution in [1.82, 2.24) is 0 Å². The van der Waals surface area contributed by atoms with E-state index in [1.807, 2.05) is 0 Å². The zero-order chi connectivity index (χ0) is 13.3. The SMILES string of the molecule is OC1OC2=CC=C3C4=CCC5CCCC[C@@H]5[C@H]4CC[C@]231. The van der Waals surface area contributed by atoms with Crippen molar-refractivity contribution in [1.29, 1.82) is 0 Å². The van der Waals surface area contributed by atoms with Crippen molar-refractivity contribution in [3.05, 3.63) is 35.1 Å². The van der Waals surface area contributed by atoms with Gasteiger partial charge in [0, 0.05) is 0 Å². The summed E-state index contributed by atoms with van der Waals surface area (Å²) in [6.07, 6.45) is 15.5. The summed E-state index contributed by atoms with van der Waals surface area (Å²) in [5.74, 6) is 3.62. The first-order chi connectivity index (χ1) is 9.80. The largest absolute Gasteiger partial charge is 0.467 e. The van der Waals surface area contributed by atoms with Gasteiger partial charge in [-0.05, 0) is 67.1 Å². The number of fused-ring (bicyclic) bond motifs is 4. The first kappa shape index (κ1) is 11.6. The first-order valence-electron chi connectivity index (χ1n) is 8.29. The summed E-state index contributed by atoms with van der Waals surface area (Å²) < 4.78 is 5.45. The van der Waals surface area contributed by atoms with Crippen molar-refractivity contribution in [2.75, 3.05) is 0 Å². The number of hydrogen-bond donors (Lipinski definition) is 1. The van der Waals surface area contributed by atoms with Gasteiger partial charge in [0.2, 0.25) is 6.29 Å². The summed E-state index contributed by atoms with van der Waals surface area (Å²) in [5, 5.41) is 10.2. The zero-order valence-corrected chi connectivity index (χ0v) is 11.8. The van der Waals surface area contributed by atoms with E-state index in [0.29, 0.717) is 0 Å². The third kappa shape index (κ3) is 1.21. The van der Waals surface area contributed by atoms with Crippen LogP contribution in [0.5, 0.6) is 0 Å². The van der Waals surface area contributed by atoms with Gasteiger partial charge in [-0.3, -0.25) is 0 Å². The van der Waals surface area contributed by atoms with Crippen LogP contribution in [0.15, 0.2) is 35.1 Å². The standard InChI is InChI=1S/C18H22O2/c19-17-18-10-9-13-12-4-2-1-3-11(12)5-6-14(13)15(18)7-8-16(18)20-17/h6-8,11-13,17,19H,1-5,9-10H2/t11?,12-,13+,17?,18+/m0/s1. The fourth-order valence-electron chi connectivity index (χ4n) is 5.67. The fraction of sp³-hybridized carbons (Fsp3) is 0.667. The predicted octanol–water partition coefficient (Wildman–Crippen LogP) is 3.69. The molecule has 3 fully saturated rings. The maximum Gasteiger partial charge on any atom is 0.213 e. The minimum absolute atomic E-state index is 0.149. The van der Waals surface area contributed by atoms with Gasteiger partial charge >= 0.3 is 0 Å². The Hall–Kier alpha value is -1.02. The Bertz CT molecular complexity index is 556. The molecule has 5 rings (SSSR count). The smallest absolute Gasteiger partial charge is 0.213 e. The van der Waals surface area contributed by atoms with E-state index >= 15 is 0 Å². The second-order valence-corrected chi connectivity index (χ2v) is 7.30. The lowest BCUT2D eigenvalue weighted by molar-refractivity contribution is -0.225. The van der Waals surface area contributed by atoms with Crippen LogP contribution < -0.4 is 0 Å². The highest BCUT2D eigenvalue weighted by Crippen LogP contribution is 2.64. The van der Waals surface area contributed by atoms with Crippen LogP contribution in [0.25, 0.3) is 0 Å². The number of hydrogen-bond acceptors (Lipinski definition) is 2. The molecule has 0 radical (unpaired) electrons. The summed E-state index contributed by atoms with van der Waals surface area (Å²) >= 11 is 0. The Labute approximate surface area is 120 Å². The van der Waals surface area contributed by atoms with E-state index in [0.717, 1.165) is 29.9 Å². The molecule has 5 aliphatic rings. The highest BCUT2D eigenvalue weighted by atomic mass is 16.6. The van der Waals surface area contributed by atoms with Crippen LogP contribution in [-0.2, 0) is 4.74 Å². The molecule has 2 heteroatoms. The highest BCUT2D eigenvalue weighted by Gasteiger charge is 2.61. The molecule has 4 aliphatic carbocycles. The van der Waals surface area contributed by atoms with Gasteiger partial charge < -0.3 is 9.84 Å². The number of ether oxygens (including phenoxy) is 1. The van der Waals surface area contributed by atoms with Crippen LogP contribution >= 0.6 is 0 Å². The molecule has 2 saturated carbocycles. The zero-order valence-electron chi connectivity index (χ0n) is 11.8. The molecular weight excluding hydrogens is 248 g/mol. The normalized spacial score (nSPS) is 48.4. The van der Waals surface area contributed by atoms with Gasteiger partial charge in [0.1, 0.15) is 11.2 Å². The lowest BCUT2D eigenvalue weighted by Gasteiger charge is -2.54. The molecule has 0 aromatic rings.